The number of hydrogen-bond donors (Lipinski definition) is 1. The minimum Gasteiger partial charge on any atom is -0.306 e. The predicted molar refractivity (Wildman–Crippen MR) is 125 cm³/mol. The van der Waals surface area contributed by atoms with Gasteiger partial charge in [0.05, 0.1) is 11.4 Å². The number of pyridine rings is 1. The first-order valence-electron chi connectivity index (χ1n) is 10.1. The van der Waals surface area contributed by atoms with Crippen LogP contribution >= 0.6 is 11.3 Å². The molecule has 9 heteroatoms. The van der Waals surface area contributed by atoms with E-state index in [1.54, 1.807) is 35.0 Å². The first-order chi connectivity index (χ1) is 16.1. The summed E-state index contributed by atoms with van der Waals surface area (Å²) in [6.07, 6.45) is 3.73. The molecule has 0 saturated heterocycles. The van der Waals surface area contributed by atoms with Crippen LogP contribution in [-0.2, 0) is 0 Å². The van der Waals surface area contributed by atoms with Gasteiger partial charge in [-0.3, -0.25) is 10.1 Å². The normalized spacial score (nSPS) is 11.3. The van der Waals surface area contributed by atoms with Crippen molar-refractivity contribution in [2.75, 3.05) is 5.32 Å². The number of thiazole rings is 1. The number of carbonyl (C=O) groups is 1. The molecule has 4 aromatic heterocycles. The highest BCUT2D eigenvalue weighted by Gasteiger charge is 2.15. The van der Waals surface area contributed by atoms with Crippen LogP contribution in [0.25, 0.3) is 33.1 Å². The second kappa shape index (κ2) is 7.64. The summed E-state index contributed by atoms with van der Waals surface area (Å²) in [6.45, 7) is 0. The van der Waals surface area contributed by atoms with Gasteiger partial charge in [-0.1, -0.05) is 30.3 Å². The molecule has 6 aromatic rings. The molecular weight excluding hydrogens is 439 g/mol. The standard InChI is InChI=1S/C24H15FN6OS/c25-18-8-6-16(7-9-18)20-14-33-24-28-23(29-31(20)24)27-22(32)17-10-11-30-13-19(26-21(30)12-17)15-4-2-1-3-5-15/h1-14H,(H,27,29,32). The number of halogens is 1. The van der Waals surface area contributed by atoms with Gasteiger partial charge in [0.15, 0.2) is 0 Å². The Labute approximate surface area is 190 Å². The maximum atomic E-state index is 13.3. The van der Waals surface area contributed by atoms with Crippen molar-refractivity contribution in [3.8, 4) is 22.5 Å². The van der Waals surface area contributed by atoms with E-state index in [0.29, 0.717) is 16.2 Å². The summed E-state index contributed by atoms with van der Waals surface area (Å²) in [5, 5.41) is 9.06. The summed E-state index contributed by atoms with van der Waals surface area (Å²) in [6, 6.07) is 19.5. The lowest BCUT2D eigenvalue weighted by Gasteiger charge is -2.02. The van der Waals surface area contributed by atoms with Gasteiger partial charge in [0.2, 0.25) is 4.96 Å². The molecule has 33 heavy (non-hydrogen) atoms. The van der Waals surface area contributed by atoms with E-state index in [0.717, 1.165) is 22.5 Å². The van der Waals surface area contributed by atoms with Crippen molar-refractivity contribution in [2.24, 2.45) is 0 Å². The summed E-state index contributed by atoms with van der Waals surface area (Å²) in [5.74, 6) is -0.436. The van der Waals surface area contributed by atoms with Crippen LogP contribution < -0.4 is 5.32 Å². The van der Waals surface area contributed by atoms with Crippen LogP contribution in [0.4, 0.5) is 10.3 Å². The zero-order valence-corrected chi connectivity index (χ0v) is 17.8. The minimum absolute atomic E-state index is 0.198. The van der Waals surface area contributed by atoms with E-state index in [-0.39, 0.29) is 17.7 Å². The van der Waals surface area contributed by atoms with E-state index in [1.807, 2.05) is 46.3 Å². The van der Waals surface area contributed by atoms with Crippen molar-refractivity contribution < 1.29 is 9.18 Å². The minimum atomic E-state index is -0.330. The molecule has 0 fully saturated rings. The van der Waals surface area contributed by atoms with Crippen molar-refractivity contribution in [3.05, 3.63) is 95.9 Å². The Bertz CT molecular complexity index is 1620. The highest BCUT2D eigenvalue weighted by Crippen LogP contribution is 2.26. The lowest BCUT2D eigenvalue weighted by atomic mass is 10.2. The molecule has 0 spiro atoms. The summed E-state index contributed by atoms with van der Waals surface area (Å²) in [4.78, 5) is 22.5. The lowest BCUT2D eigenvalue weighted by Crippen LogP contribution is -2.13. The molecule has 0 bridgehead atoms. The number of imidazole rings is 1. The van der Waals surface area contributed by atoms with E-state index >= 15 is 0 Å². The molecule has 0 unspecified atom stereocenters. The molecule has 1 amide bonds. The van der Waals surface area contributed by atoms with Crippen LogP contribution in [0.2, 0.25) is 0 Å². The van der Waals surface area contributed by atoms with Gasteiger partial charge >= 0.3 is 0 Å². The number of hydrogen-bond acceptors (Lipinski definition) is 5. The topological polar surface area (TPSA) is 76.6 Å². The van der Waals surface area contributed by atoms with Gasteiger partial charge in [0, 0.05) is 34.5 Å². The molecule has 160 valence electrons. The lowest BCUT2D eigenvalue weighted by molar-refractivity contribution is 0.102. The molecule has 7 nitrogen and oxygen atoms in total. The van der Waals surface area contributed by atoms with Gasteiger partial charge in [0.1, 0.15) is 11.5 Å². The summed E-state index contributed by atoms with van der Waals surface area (Å²) < 4.78 is 16.8. The van der Waals surface area contributed by atoms with Crippen molar-refractivity contribution >= 4 is 33.8 Å². The van der Waals surface area contributed by atoms with Crippen molar-refractivity contribution in [1.82, 2.24) is 24.0 Å². The van der Waals surface area contributed by atoms with E-state index in [9.17, 15) is 9.18 Å². The number of anilines is 1. The zero-order valence-electron chi connectivity index (χ0n) is 17.0. The van der Waals surface area contributed by atoms with Crippen LogP contribution in [0.1, 0.15) is 10.4 Å². The van der Waals surface area contributed by atoms with Crippen molar-refractivity contribution in [2.45, 2.75) is 0 Å². The fraction of sp³-hybridized carbons (Fsp3) is 0. The Hall–Kier alpha value is -4.37. The molecule has 0 aliphatic heterocycles. The number of rotatable bonds is 4. The average Bonchev–Trinajstić information content (AvgIpc) is 3.54. The molecule has 6 rings (SSSR count). The molecule has 0 saturated carbocycles. The Morgan fingerprint density at radius 3 is 2.61 bits per heavy atom. The SMILES string of the molecule is O=C(Nc1nc2scc(-c3ccc(F)cc3)n2n1)c1ccn2cc(-c3ccccc3)nc2c1. The van der Waals surface area contributed by atoms with Gasteiger partial charge in [-0.2, -0.15) is 4.98 Å². The van der Waals surface area contributed by atoms with Crippen LogP contribution in [-0.4, -0.2) is 29.9 Å². The van der Waals surface area contributed by atoms with Gasteiger partial charge in [-0.05, 0) is 36.4 Å². The largest absolute Gasteiger partial charge is 0.306 e. The fourth-order valence-corrected chi connectivity index (χ4v) is 4.43. The summed E-state index contributed by atoms with van der Waals surface area (Å²) in [5.41, 5.74) is 4.53. The number of benzene rings is 2. The number of nitrogens with one attached hydrogen (secondary N) is 1. The first-order valence-corrected chi connectivity index (χ1v) is 11.0. The van der Waals surface area contributed by atoms with Crippen molar-refractivity contribution in [3.63, 3.8) is 0 Å². The van der Waals surface area contributed by atoms with Gasteiger partial charge in [-0.15, -0.1) is 16.4 Å². The smallest absolute Gasteiger partial charge is 0.258 e. The number of nitrogens with zero attached hydrogens (tertiary/aromatic N) is 5. The van der Waals surface area contributed by atoms with E-state index in [2.05, 4.69) is 20.4 Å². The molecule has 0 radical (unpaired) electrons. The molecule has 0 aliphatic rings. The first kappa shape index (κ1) is 19.3. The third-order valence-electron chi connectivity index (χ3n) is 5.24. The predicted octanol–water partition coefficient (Wildman–Crippen LogP) is 5.16. The van der Waals surface area contributed by atoms with Gasteiger partial charge in [0.25, 0.3) is 11.9 Å². The molecule has 4 heterocycles. The third kappa shape index (κ3) is 3.54. The van der Waals surface area contributed by atoms with Gasteiger partial charge in [-0.25, -0.2) is 13.9 Å². The third-order valence-corrected chi connectivity index (χ3v) is 6.06. The van der Waals surface area contributed by atoms with Crippen LogP contribution in [0, 0.1) is 5.82 Å². The fourth-order valence-electron chi connectivity index (χ4n) is 3.60. The summed E-state index contributed by atoms with van der Waals surface area (Å²) in [7, 11) is 0. The second-order valence-corrected chi connectivity index (χ2v) is 8.22. The molecule has 1 N–H and O–H groups in total. The second-order valence-electron chi connectivity index (χ2n) is 7.38. The monoisotopic (exact) mass is 454 g/mol. The number of amides is 1. The van der Waals surface area contributed by atoms with E-state index < -0.39 is 0 Å². The number of carbonyl (C=O) groups excluding carboxylic acids is 1. The highest BCUT2D eigenvalue weighted by molar-refractivity contribution is 7.15. The Balaban J connectivity index is 1.27. The van der Waals surface area contributed by atoms with Crippen LogP contribution in [0.5, 0.6) is 0 Å². The Morgan fingerprint density at radius 1 is 0.970 bits per heavy atom. The van der Waals surface area contributed by atoms with E-state index in [4.69, 9.17) is 0 Å². The van der Waals surface area contributed by atoms with Crippen molar-refractivity contribution in [1.29, 1.82) is 0 Å². The Kier molecular flexibility index (Phi) is 4.48. The molecule has 0 aliphatic carbocycles. The molecular formula is C24H15FN6OS. The highest BCUT2D eigenvalue weighted by atomic mass is 32.1. The van der Waals surface area contributed by atoms with Crippen LogP contribution in [0.15, 0.2) is 84.5 Å². The van der Waals surface area contributed by atoms with Crippen LogP contribution in [0.3, 0.4) is 0 Å². The maximum absolute atomic E-state index is 13.3. The van der Waals surface area contributed by atoms with Gasteiger partial charge < -0.3 is 4.40 Å². The Morgan fingerprint density at radius 2 is 1.79 bits per heavy atom. The number of fused-ring (bicyclic) bond motifs is 2. The zero-order chi connectivity index (χ0) is 22.4. The quantitative estimate of drug-likeness (QED) is 0.399. The summed E-state index contributed by atoms with van der Waals surface area (Å²) >= 11 is 1.39. The number of aromatic nitrogens is 5. The van der Waals surface area contributed by atoms with E-state index in [1.165, 1.54) is 23.5 Å². The molecule has 2 aromatic carbocycles. The average molecular weight is 454 g/mol. The maximum Gasteiger partial charge on any atom is 0.258 e. The molecule has 0 atom stereocenters.